The van der Waals surface area contributed by atoms with Crippen LogP contribution in [0.25, 0.3) is 0 Å². The van der Waals surface area contributed by atoms with E-state index in [1.54, 1.807) is 0 Å². The standard InChI is InChI=1S/2Ca.H2O4S.H2.4H/c;;1-5(2,3)4;;;;;/h;;(H2,1,2,3,4);1H;;;;/q2*+2;;;4*-1. The van der Waals surface area contributed by atoms with Crippen molar-refractivity contribution in [2.24, 2.45) is 0 Å². The monoisotopic (exact) mass is 184 g/mol. The summed E-state index contributed by atoms with van der Waals surface area (Å²) in [5, 5.41) is 0. The van der Waals surface area contributed by atoms with Crippen LogP contribution in [-0.4, -0.2) is 93.0 Å². The van der Waals surface area contributed by atoms with Gasteiger partial charge in [-0.15, -0.1) is 0 Å². The van der Waals surface area contributed by atoms with E-state index in [2.05, 4.69) is 0 Å². The Morgan fingerprint density at radius 1 is 1.29 bits per heavy atom. The number of hydrogen-bond acceptors (Lipinski definition) is 2. The number of rotatable bonds is 0. The molecule has 0 aromatic heterocycles. The van der Waals surface area contributed by atoms with Gasteiger partial charge in [-0.05, 0) is 0 Å². The van der Waals surface area contributed by atoms with Gasteiger partial charge in [0.05, 0.1) is 0 Å². The second-order valence-electron chi connectivity index (χ2n) is 0.448. The van der Waals surface area contributed by atoms with Crippen molar-refractivity contribution in [3.05, 3.63) is 0 Å². The van der Waals surface area contributed by atoms with Crippen molar-refractivity contribution in [1.82, 2.24) is 0 Å². The predicted octanol–water partition coefficient (Wildman–Crippen LogP) is -0.718. The van der Waals surface area contributed by atoms with Crippen molar-refractivity contribution in [3.8, 4) is 0 Å². The summed E-state index contributed by atoms with van der Waals surface area (Å²) in [7, 11) is -4.67. The van der Waals surface area contributed by atoms with Crippen LogP contribution in [0.1, 0.15) is 7.13 Å². The van der Waals surface area contributed by atoms with Gasteiger partial charge in [0.1, 0.15) is 0 Å². The molecular weight excluding hydrogens is 176 g/mol. The molecule has 4 nitrogen and oxygen atoms in total. The Hall–Kier alpha value is 2.39. The minimum atomic E-state index is -4.67. The Morgan fingerprint density at radius 3 is 1.29 bits per heavy atom. The molecule has 7 heavy (non-hydrogen) atoms. The zero-order valence-electron chi connectivity index (χ0n) is 7.53. The first-order chi connectivity index (χ1) is 2.00. The maximum Gasteiger partial charge on any atom is 2.00 e. The van der Waals surface area contributed by atoms with E-state index in [1.807, 2.05) is 0 Å². The van der Waals surface area contributed by atoms with E-state index in [4.69, 9.17) is 17.5 Å². The van der Waals surface area contributed by atoms with Crippen LogP contribution in [0.4, 0.5) is 0 Å². The van der Waals surface area contributed by atoms with E-state index < -0.39 is 10.4 Å². The van der Waals surface area contributed by atoms with Gasteiger partial charge >= 0.3 is 85.9 Å². The van der Waals surface area contributed by atoms with Gasteiger partial charge in [0.15, 0.2) is 0 Å². The summed E-state index contributed by atoms with van der Waals surface area (Å²) in [6.45, 7) is 0. The topological polar surface area (TPSA) is 74.6 Å². The molecule has 0 aliphatic rings. The molecule has 0 bridgehead atoms. The van der Waals surface area contributed by atoms with Crippen molar-refractivity contribution >= 4 is 85.9 Å². The first kappa shape index (κ1) is 16.2. The molecule has 0 rings (SSSR count). The third-order valence-electron chi connectivity index (χ3n) is 0. The van der Waals surface area contributed by atoms with Crippen LogP contribution in [0, 0.1) is 0 Å². The van der Waals surface area contributed by atoms with E-state index in [-0.39, 0.29) is 82.6 Å². The largest absolute Gasteiger partial charge is 2.00 e. The van der Waals surface area contributed by atoms with Crippen molar-refractivity contribution < 1.29 is 24.7 Å². The summed E-state index contributed by atoms with van der Waals surface area (Å²) in [5.41, 5.74) is 0. The molecule has 0 aromatic carbocycles. The van der Waals surface area contributed by atoms with Gasteiger partial charge in [-0.1, -0.05) is 0 Å². The summed E-state index contributed by atoms with van der Waals surface area (Å²) >= 11 is 0. The fourth-order valence-corrected chi connectivity index (χ4v) is 0. The third-order valence-corrected chi connectivity index (χ3v) is 0. The van der Waals surface area contributed by atoms with Crippen LogP contribution >= 0.6 is 0 Å². The minimum absolute atomic E-state index is 0. The first-order valence-electron chi connectivity index (χ1n) is 0.698. The summed E-state index contributed by atoms with van der Waals surface area (Å²) in [5.74, 6) is 0. The molecule has 0 aromatic rings. The molecule has 42 valence electrons. The van der Waals surface area contributed by atoms with Gasteiger partial charge in [0.25, 0.3) is 0 Å². The van der Waals surface area contributed by atoms with Crippen molar-refractivity contribution in [3.63, 3.8) is 0 Å². The summed E-state index contributed by atoms with van der Waals surface area (Å²) in [6, 6.07) is 0. The van der Waals surface area contributed by atoms with Crippen molar-refractivity contribution in [2.45, 2.75) is 0 Å². The molecule has 7 heteroatoms. The average Bonchev–Trinajstić information content (AvgIpc) is 0.722. The maximum absolute atomic E-state index is 8.74. The zero-order valence-corrected chi connectivity index (χ0v) is 8.77. The molecule has 0 radical (unpaired) electrons. The Labute approximate surface area is 109 Å². The SMILES string of the molecule is O=S(=O)(O)O.[Ca+2].[Ca+2].[H-].[H-].[H-].[H-].[HH]. The van der Waals surface area contributed by atoms with E-state index in [0.29, 0.717) is 0 Å². The summed E-state index contributed by atoms with van der Waals surface area (Å²) in [4.78, 5) is 0. The molecule has 0 saturated heterocycles. The van der Waals surface area contributed by atoms with Crippen LogP contribution in [0.5, 0.6) is 0 Å². The molecule has 0 aliphatic heterocycles. The molecule has 0 spiro atoms. The Morgan fingerprint density at radius 2 is 1.29 bits per heavy atom. The molecular formula is H8Ca2O4S. The fourth-order valence-electron chi connectivity index (χ4n) is 0. The zero-order chi connectivity index (χ0) is 4.50. The van der Waals surface area contributed by atoms with Crippen LogP contribution in [-0.2, 0) is 10.4 Å². The smallest absolute Gasteiger partial charge is 1.00 e. The maximum atomic E-state index is 8.74. The molecule has 0 amide bonds. The molecule has 0 unspecified atom stereocenters. The van der Waals surface area contributed by atoms with Crippen LogP contribution < -0.4 is 0 Å². The Balaban J connectivity index is -0.00000000381. The van der Waals surface area contributed by atoms with Crippen molar-refractivity contribution in [1.29, 1.82) is 0 Å². The average molecular weight is 184 g/mol. The predicted molar refractivity (Wildman–Crippen MR) is 32.2 cm³/mol. The second-order valence-corrected chi connectivity index (χ2v) is 1.34. The van der Waals surface area contributed by atoms with E-state index >= 15 is 0 Å². The quantitative estimate of drug-likeness (QED) is 0.385. The number of hydrogen-bond donors (Lipinski definition) is 2. The van der Waals surface area contributed by atoms with Gasteiger partial charge in [0.2, 0.25) is 0 Å². The first-order valence-corrected chi connectivity index (χ1v) is 2.10. The minimum Gasteiger partial charge on any atom is -1.00 e. The second kappa shape index (κ2) is 6.51. The Bertz CT molecular complexity index is 105. The molecule has 0 atom stereocenters. The Kier molecular flexibility index (Phi) is 15.1. The summed E-state index contributed by atoms with van der Waals surface area (Å²) < 4.78 is 31.6. The van der Waals surface area contributed by atoms with E-state index in [1.165, 1.54) is 0 Å². The van der Waals surface area contributed by atoms with Gasteiger partial charge in [-0.2, -0.15) is 8.42 Å². The molecule has 0 aliphatic carbocycles. The van der Waals surface area contributed by atoms with Crippen LogP contribution in [0.15, 0.2) is 0 Å². The molecule has 0 saturated carbocycles. The summed E-state index contributed by atoms with van der Waals surface area (Å²) in [6.07, 6.45) is 0. The van der Waals surface area contributed by atoms with Crippen LogP contribution in [0.3, 0.4) is 0 Å². The van der Waals surface area contributed by atoms with E-state index in [0.717, 1.165) is 0 Å². The van der Waals surface area contributed by atoms with Crippen LogP contribution in [0.2, 0.25) is 0 Å². The molecule has 2 N–H and O–H groups in total. The van der Waals surface area contributed by atoms with Gasteiger partial charge < -0.3 is 5.71 Å². The molecule has 0 heterocycles. The van der Waals surface area contributed by atoms with Gasteiger partial charge in [-0.3, -0.25) is 9.11 Å². The van der Waals surface area contributed by atoms with E-state index in [9.17, 15) is 0 Å². The third kappa shape index (κ3) is 60.0. The van der Waals surface area contributed by atoms with Gasteiger partial charge in [0, 0.05) is 1.43 Å². The normalized spacial score (nSPS) is 8.29. The molecule has 0 fully saturated rings. The van der Waals surface area contributed by atoms with Crippen molar-refractivity contribution in [2.75, 3.05) is 0 Å². The fraction of sp³-hybridized carbons (Fsp3) is 0. The van der Waals surface area contributed by atoms with Gasteiger partial charge in [-0.25, -0.2) is 0 Å².